The number of nitrogens with one attached hydrogen (secondary N) is 1. The quantitative estimate of drug-likeness (QED) is 0.673. The minimum atomic E-state index is -1.23. The Morgan fingerprint density at radius 3 is 2.56 bits per heavy atom. The average Bonchev–Trinajstić information content (AvgIpc) is 2.63. The second-order valence-electron chi connectivity index (χ2n) is 6.65. The van der Waals surface area contributed by atoms with Crippen molar-refractivity contribution < 1.29 is 28.9 Å². The van der Waals surface area contributed by atoms with Crippen molar-refractivity contribution in [2.45, 2.75) is 38.0 Å². The second-order valence-corrected chi connectivity index (χ2v) is 6.65. The lowest BCUT2D eigenvalue weighted by molar-refractivity contribution is -0.165. The molecule has 1 unspecified atom stereocenters. The SMILES string of the molecule is O=C(O)N[C@H](C(=O)N1CCC1)c1ccc(OCCOC2CCCCO2)cc1. The minimum absolute atomic E-state index is 0.139. The molecule has 2 N–H and O–H groups in total. The Kier molecular flexibility index (Phi) is 6.89. The predicted octanol–water partition coefficient (Wildman–Crippen LogP) is 2.15. The highest BCUT2D eigenvalue weighted by Crippen LogP contribution is 2.22. The highest BCUT2D eigenvalue weighted by molar-refractivity contribution is 5.87. The van der Waals surface area contributed by atoms with Crippen molar-refractivity contribution >= 4 is 12.0 Å². The van der Waals surface area contributed by atoms with Crippen LogP contribution in [0, 0.1) is 0 Å². The Morgan fingerprint density at radius 2 is 1.96 bits per heavy atom. The molecular weight excluding hydrogens is 352 g/mol. The van der Waals surface area contributed by atoms with E-state index >= 15 is 0 Å². The molecule has 2 aliphatic heterocycles. The zero-order valence-electron chi connectivity index (χ0n) is 15.3. The van der Waals surface area contributed by atoms with Gasteiger partial charge in [-0.1, -0.05) is 12.1 Å². The van der Waals surface area contributed by atoms with Gasteiger partial charge in [-0.25, -0.2) is 4.79 Å². The molecule has 2 atom stereocenters. The fourth-order valence-electron chi connectivity index (χ4n) is 3.07. The van der Waals surface area contributed by atoms with Crippen molar-refractivity contribution in [2.75, 3.05) is 32.9 Å². The number of ether oxygens (including phenoxy) is 3. The zero-order valence-corrected chi connectivity index (χ0v) is 15.3. The summed E-state index contributed by atoms with van der Waals surface area (Å²) in [5.74, 6) is 0.413. The molecule has 8 nitrogen and oxygen atoms in total. The van der Waals surface area contributed by atoms with Gasteiger partial charge in [-0.3, -0.25) is 4.79 Å². The van der Waals surface area contributed by atoms with Crippen molar-refractivity contribution in [3.63, 3.8) is 0 Å². The predicted molar refractivity (Wildman–Crippen MR) is 96.6 cm³/mol. The van der Waals surface area contributed by atoms with Crippen LogP contribution in [0.2, 0.25) is 0 Å². The first-order valence-electron chi connectivity index (χ1n) is 9.38. The van der Waals surface area contributed by atoms with Crippen LogP contribution in [0.15, 0.2) is 24.3 Å². The number of hydrogen-bond acceptors (Lipinski definition) is 5. The number of rotatable bonds is 8. The van der Waals surface area contributed by atoms with Crippen LogP contribution < -0.4 is 10.1 Å². The van der Waals surface area contributed by atoms with Crippen molar-refractivity contribution in [3.05, 3.63) is 29.8 Å². The number of hydrogen-bond donors (Lipinski definition) is 2. The molecule has 2 saturated heterocycles. The standard InChI is InChI=1S/C19H26N2O6/c22-18(21-9-3-10-21)17(20-19(23)24)14-5-7-15(8-6-14)25-12-13-27-16-4-1-2-11-26-16/h5-8,16-17,20H,1-4,9-13H2,(H,23,24)/t16?,17-/m0/s1. The Morgan fingerprint density at radius 1 is 1.19 bits per heavy atom. The highest BCUT2D eigenvalue weighted by atomic mass is 16.7. The van der Waals surface area contributed by atoms with Gasteiger partial charge in [-0.2, -0.15) is 0 Å². The van der Waals surface area contributed by atoms with E-state index in [9.17, 15) is 9.59 Å². The molecule has 8 heteroatoms. The summed E-state index contributed by atoms with van der Waals surface area (Å²) in [7, 11) is 0. The van der Waals surface area contributed by atoms with Gasteiger partial charge < -0.3 is 29.5 Å². The van der Waals surface area contributed by atoms with Crippen LogP contribution in [0.1, 0.15) is 37.3 Å². The summed E-state index contributed by atoms with van der Waals surface area (Å²) >= 11 is 0. The summed E-state index contributed by atoms with van der Waals surface area (Å²) in [4.78, 5) is 25.2. The second kappa shape index (κ2) is 9.57. The molecule has 0 bridgehead atoms. The summed E-state index contributed by atoms with van der Waals surface area (Å²) in [6, 6.07) is 5.97. The topological polar surface area (TPSA) is 97.3 Å². The maximum atomic E-state index is 12.4. The van der Waals surface area contributed by atoms with Gasteiger partial charge in [0.05, 0.1) is 6.61 Å². The minimum Gasteiger partial charge on any atom is -0.491 e. The van der Waals surface area contributed by atoms with Crippen molar-refractivity contribution in [1.82, 2.24) is 10.2 Å². The molecule has 2 fully saturated rings. The smallest absolute Gasteiger partial charge is 0.405 e. The molecule has 27 heavy (non-hydrogen) atoms. The number of amides is 2. The average molecular weight is 378 g/mol. The third-order valence-corrected chi connectivity index (χ3v) is 4.69. The van der Waals surface area contributed by atoms with Gasteiger partial charge in [0, 0.05) is 19.7 Å². The number of carboxylic acid groups (broad SMARTS) is 1. The van der Waals surface area contributed by atoms with Crippen LogP contribution in [0.25, 0.3) is 0 Å². The van der Waals surface area contributed by atoms with Crippen molar-refractivity contribution in [1.29, 1.82) is 0 Å². The summed E-state index contributed by atoms with van der Waals surface area (Å²) in [5.41, 5.74) is 0.591. The fraction of sp³-hybridized carbons (Fsp3) is 0.579. The van der Waals surface area contributed by atoms with Crippen LogP contribution >= 0.6 is 0 Å². The fourth-order valence-corrected chi connectivity index (χ4v) is 3.07. The van der Waals surface area contributed by atoms with Gasteiger partial charge in [0.2, 0.25) is 5.91 Å². The molecule has 1 aromatic rings. The van der Waals surface area contributed by atoms with E-state index in [1.807, 2.05) is 0 Å². The van der Waals surface area contributed by atoms with Crippen LogP contribution in [-0.4, -0.2) is 61.2 Å². The van der Waals surface area contributed by atoms with Gasteiger partial charge in [0.15, 0.2) is 6.29 Å². The molecule has 2 aliphatic rings. The van der Waals surface area contributed by atoms with Gasteiger partial charge in [0.1, 0.15) is 18.4 Å². The number of nitrogens with zero attached hydrogens (tertiary/aromatic N) is 1. The Balaban J connectivity index is 1.49. The lowest BCUT2D eigenvalue weighted by atomic mass is 10.0. The molecular formula is C19H26N2O6. The van der Waals surface area contributed by atoms with Crippen molar-refractivity contribution in [2.24, 2.45) is 0 Å². The van der Waals surface area contributed by atoms with Crippen LogP contribution in [0.5, 0.6) is 5.75 Å². The van der Waals surface area contributed by atoms with E-state index in [0.717, 1.165) is 32.3 Å². The van der Waals surface area contributed by atoms with Crippen molar-refractivity contribution in [3.8, 4) is 5.75 Å². The van der Waals surface area contributed by atoms with Crippen LogP contribution in [-0.2, 0) is 14.3 Å². The number of carbonyl (C=O) groups excluding carboxylic acids is 1. The summed E-state index contributed by atoms with van der Waals surface area (Å²) in [6.45, 7) is 2.91. The van der Waals surface area contributed by atoms with Gasteiger partial charge in [-0.05, 0) is 43.4 Å². The number of benzene rings is 1. The first kappa shape index (κ1) is 19.4. The normalized spacial score (nSPS) is 20.4. The zero-order chi connectivity index (χ0) is 19.1. The summed E-state index contributed by atoms with van der Waals surface area (Å²) in [6.07, 6.45) is 2.70. The van der Waals surface area contributed by atoms with E-state index < -0.39 is 12.1 Å². The maximum absolute atomic E-state index is 12.4. The Bertz CT molecular complexity index is 626. The van der Waals surface area contributed by atoms with Gasteiger partial charge in [0.25, 0.3) is 0 Å². The molecule has 0 aliphatic carbocycles. The third-order valence-electron chi connectivity index (χ3n) is 4.69. The number of carbonyl (C=O) groups is 2. The monoisotopic (exact) mass is 378 g/mol. The molecule has 0 spiro atoms. The molecule has 3 rings (SSSR count). The van der Waals surface area contributed by atoms with E-state index in [1.54, 1.807) is 29.2 Å². The molecule has 0 aromatic heterocycles. The summed E-state index contributed by atoms with van der Waals surface area (Å²) in [5, 5.41) is 11.3. The molecule has 148 valence electrons. The lowest BCUT2D eigenvalue weighted by Crippen LogP contribution is -2.48. The molecule has 2 amide bonds. The Hall–Kier alpha value is -2.32. The van der Waals surface area contributed by atoms with E-state index in [2.05, 4.69) is 5.32 Å². The molecule has 0 saturated carbocycles. The Labute approximate surface area is 158 Å². The first-order chi connectivity index (χ1) is 13.1. The van der Waals surface area contributed by atoms with Crippen LogP contribution in [0.3, 0.4) is 0 Å². The van der Waals surface area contributed by atoms with Gasteiger partial charge in [-0.15, -0.1) is 0 Å². The maximum Gasteiger partial charge on any atom is 0.405 e. The van der Waals surface area contributed by atoms with Crippen LogP contribution in [0.4, 0.5) is 4.79 Å². The van der Waals surface area contributed by atoms with E-state index in [-0.39, 0.29) is 12.2 Å². The first-order valence-corrected chi connectivity index (χ1v) is 9.38. The van der Waals surface area contributed by atoms with E-state index in [0.29, 0.717) is 37.6 Å². The van der Waals surface area contributed by atoms with E-state index in [4.69, 9.17) is 19.3 Å². The third kappa shape index (κ3) is 5.58. The highest BCUT2D eigenvalue weighted by Gasteiger charge is 2.30. The summed E-state index contributed by atoms with van der Waals surface area (Å²) < 4.78 is 16.7. The van der Waals surface area contributed by atoms with E-state index in [1.165, 1.54) is 0 Å². The largest absolute Gasteiger partial charge is 0.491 e. The molecule has 0 radical (unpaired) electrons. The molecule has 1 aromatic carbocycles. The van der Waals surface area contributed by atoms with Gasteiger partial charge >= 0.3 is 6.09 Å². The lowest BCUT2D eigenvalue weighted by Gasteiger charge is -2.34. The molecule has 2 heterocycles. The number of likely N-dealkylation sites (tertiary alicyclic amines) is 1.